The Balaban J connectivity index is 0.000000640. The van der Waals surface area contributed by atoms with Gasteiger partial charge < -0.3 is 4.98 Å². The summed E-state index contributed by atoms with van der Waals surface area (Å²) in [6.07, 6.45) is 3.52. The van der Waals surface area contributed by atoms with E-state index in [1.165, 1.54) is 11.1 Å². The zero-order valence-electron chi connectivity index (χ0n) is 5.68. The summed E-state index contributed by atoms with van der Waals surface area (Å²) >= 11 is 0. The van der Waals surface area contributed by atoms with Crippen molar-refractivity contribution in [2.24, 2.45) is 0 Å². The van der Waals surface area contributed by atoms with Crippen molar-refractivity contribution >= 4 is 0 Å². The van der Waals surface area contributed by atoms with Gasteiger partial charge in [-0.2, -0.15) is 5.56 Å². The molecule has 1 aromatic rings. The Labute approximate surface area is 80.8 Å². The summed E-state index contributed by atoms with van der Waals surface area (Å²) in [5, 5.41) is 0. The van der Waals surface area contributed by atoms with Gasteiger partial charge in [0.2, 0.25) is 0 Å². The summed E-state index contributed by atoms with van der Waals surface area (Å²) in [6, 6.07) is 2.99. The molecule has 0 aliphatic carbocycles. The van der Waals surface area contributed by atoms with Gasteiger partial charge in [-0.25, -0.2) is 11.6 Å². The van der Waals surface area contributed by atoms with E-state index in [4.69, 9.17) is 0 Å². The van der Waals surface area contributed by atoms with Gasteiger partial charge in [-0.1, -0.05) is 19.3 Å². The maximum absolute atomic E-state index is 3.89. The molecule has 1 heterocycles. The Hall–Kier alpha value is 0.254. The maximum atomic E-state index is 3.89. The third-order valence-corrected chi connectivity index (χ3v) is 1.22. The Morgan fingerprint density at radius 1 is 1.44 bits per heavy atom. The van der Waals surface area contributed by atoms with Crippen molar-refractivity contribution in [3.8, 4) is 0 Å². The summed E-state index contributed by atoms with van der Waals surface area (Å²) in [7, 11) is 0. The Bertz CT molecular complexity index is 165. The number of aromatic nitrogens is 1. The Morgan fingerprint density at radius 2 is 2.11 bits per heavy atom. The molecule has 9 heavy (non-hydrogen) atoms. The van der Waals surface area contributed by atoms with E-state index in [2.05, 4.69) is 11.1 Å². The molecule has 2 heteroatoms. The average Bonchev–Trinajstić information content (AvgIpc) is 1.77. The van der Waals surface area contributed by atoms with Gasteiger partial charge in [0.05, 0.1) is 0 Å². The molecule has 0 aliphatic heterocycles. The van der Waals surface area contributed by atoms with Crippen LogP contribution >= 0.6 is 0 Å². The van der Waals surface area contributed by atoms with Crippen molar-refractivity contribution in [2.45, 2.75) is 13.8 Å². The fourth-order valence-electron chi connectivity index (χ4n) is 0.494. The fourth-order valence-corrected chi connectivity index (χ4v) is 0.494. The first-order valence-electron chi connectivity index (χ1n) is 2.59. The predicted octanol–water partition coefficient (Wildman–Crippen LogP) is 1.50. The molecule has 0 atom stereocenters. The Morgan fingerprint density at radius 3 is 2.44 bits per heavy atom. The van der Waals surface area contributed by atoms with Crippen LogP contribution in [0, 0.1) is 19.9 Å². The van der Waals surface area contributed by atoms with Crippen LogP contribution in [0.15, 0.2) is 12.4 Å². The molecule has 1 aromatic heterocycles. The molecule has 0 unspecified atom stereocenters. The van der Waals surface area contributed by atoms with E-state index in [0.29, 0.717) is 0 Å². The summed E-state index contributed by atoms with van der Waals surface area (Å²) < 4.78 is 0. The van der Waals surface area contributed by atoms with Crippen molar-refractivity contribution in [1.29, 1.82) is 0 Å². The smallest absolute Gasteiger partial charge is 0 e. The van der Waals surface area contributed by atoms with Crippen LogP contribution in [0.25, 0.3) is 0 Å². The second-order valence-corrected chi connectivity index (χ2v) is 1.86. The molecule has 0 spiro atoms. The van der Waals surface area contributed by atoms with Crippen LogP contribution < -0.4 is 0 Å². The third-order valence-electron chi connectivity index (χ3n) is 1.22. The second-order valence-electron chi connectivity index (χ2n) is 1.86. The molecule has 0 fully saturated rings. The topological polar surface area (TPSA) is 12.9 Å². The van der Waals surface area contributed by atoms with Gasteiger partial charge >= 0.3 is 0 Å². The third kappa shape index (κ3) is 2.55. The van der Waals surface area contributed by atoms with Crippen molar-refractivity contribution in [3.05, 3.63) is 29.6 Å². The number of aryl methyl sites for hydroxylation is 2. The second kappa shape index (κ2) is 4.13. The number of hydrogen-bond donors (Lipinski definition) is 0. The van der Waals surface area contributed by atoms with Crippen LogP contribution in [0.4, 0.5) is 0 Å². The maximum Gasteiger partial charge on any atom is 0 e. The fraction of sp³-hybridized carbons (Fsp3) is 0.286. The first kappa shape index (κ1) is 9.25. The number of pyridine rings is 1. The molecule has 0 saturated heterocycles. The molecule has 45 valence electrons. The van der Waals surface area contributed by atoms with Crippen LogP contribution in [0.1, 0.15) is 11.1 Å². The van der Waals surface area contributed by atoms with Gasteiger partial charge in [0.1, 0.15) is 0 Å². The van der Waals surface area contributed by atoms with Gasteiger partial charge in [-0.05, 0) is 0 Å². The molecule has 1 nitrogen and oxygen atoms in total. The van der Waals surface area contributed by atoms with Crippen molar-refractivity contribution < 1.29 is 32.7 Å². The largest absolute Gasteiger partial charge is 0.304 e. The molecule has 0 amide bonds. The van der Waals surface area contributed by atoms with E-state index in [-0.39, 0.29) is 32.7 Å². The van der Waals surface area contributed by atoms with E-state index in [1.54, 1.807) is 6.20 Å². The molecule has 0 bridgehead atoms. The number of rotatable bonds is 0. The molecule has 0 aliphatic rings. The normalized spacial score (nSPS) is 8.22. The van der Waals surface area contributed by atoms with Crippen LogP contribution in [0.3, 0.4) is 0 Å². The zero-order valence-corrected chi connectivity index (χ0v) is 8.52. The van der Waals surface area contributed by atoms with Gasteiger partial charge in [-0.15, -0.1) is 6.92 Å². The molecule has 1 rings (SSSR count). The molecule has 0 saturated carbocycles. The zero-order chi connectivity index (χ0) is 5.98. The molecule has 1 radical (unpaired) electrons. The number of nitrogens with zero attached hydrogens (tertiary/aromatic N) is 1. The van der Waals surface area contributed by atoms with Crippen molar-refractivity contribution in [1.82, 2.24) is 4.98 Å². The summed E-state index contributed by atoms with van der Waals surface area (Å²) in [6.45, 7) is 4.05. The standard InChI is InChI=1S/C7H8N.Y/c1-6-3-4-8-5-7(6)2;/h4-5H,1-2H3;/q-1;. The van der Waals surface area contributed by atoms with Crippen molar-refractivity contribution in [3.63, 3.8) is 0 Å². The molecular weight excluding hydrogens is 187 g/mol. The van der Waals surface area contributed by atoms with E-state index >= 15 is 0 Å². The first-order chi connectivity index (χ1) is 3.80. The first-order valence-corrected chi connectivity index (χ1v) is 2.59. The van der Waals surface area contributed by atoms with E-state index in [1.807, 2.05) is 20.0 Å². The van der Waals surface area contributed by atoms with Gasteiger partial charge in [0, 0.05) is 32.7 Å². The SMILES string of the molecule is Cc1[c-]cncc1C.[Y]. The van der Waals surface area contributed by atoms with Crippen LogP contribution in [-0.4, -0.2) is 4.98 Å². The average molecular weight is 195 g/mol. The Kier molecular flexibility index (Phi) is 4.25. The molecule has 0 aromatic carbocycles. The molecular formula is C7H8NY-. The van der Waals surface area contributed by atoms with E-state index in [0.717, 1.165) is 0 Å². The minimum absolute atomic E-state index is 0. The summed E-state index contributed by atoms with van der Waals surface area (Å²) in [5.74, 6) is 0. The van der Waals surface area contributed by atoms with Gasteiger partial charge in [0.25, 0.3) is 0 Å². The van der Waals surface area contributed by atoms with Gasteiger partial charge in [-0.3, -0.25) is 0 Å². The van der Waals surface area contributed by atoms with Crippen molar-refractivity contribution in [2.75, 3.05) is 0 Å². The number of hydrogen-bond acceptors (Lipinski definition) is 1. The van der Waals surface area contributed by atoms with E-state index < -0.39 is 0 Å². The van der Waals surface area contributed by atoms with Crippen LogP contribution in [-0.2, 0) is 32.7 Å². The monoisotopic (exact) mass is 195 g/mol. The summed E-state index contributed by atoms with van der Waals surface area (Å²) in [5.41, 5.74) is 2.38. The van der Waals surface area contributed by atoms with Crippen LogP contribution in [0.2, 0.25) is 0 Å². The minimum atomic E-state index is 0. The predicted molar refractivity (Wildman–Crippen MR) is 32.5 cm³/mol. The van der Waals surface area contributed by atoms with E-state index in [9.17, 15) is 0 Å². The quantitative estimate of drug-likeness (QED) is 0.571. The van der Waals surface area contributed by atoms with Crippen LogP contribution in [0.5, 0.6) is 0 Å². The molecule has 0 N–H and O–H groups in total. The van der Waals surface area contributed by atoms with Gasteiger partial charge in [0.15, 0.2) is 0 Å². The minimum Gasteiger partial charge on any atom is -0.304 e. The summed E-state index contributed by atoms with van der Waals surface area (Å²) in [4.78, 5) is 3.89.